The van der Waals surface area contributed by atoms with Crippen LogP contribution >= 0.6 is 34.8 Å². The van der Waals surface area contributed by atoms with Crippen molar-refractivity contribution in [2.75, 3.05) is 26.2 Å². The van der Waals surface area contributed by atoms with Crippen LogP contribution in [0.15, 0.2) is 47.6 Å². The normalized spacial score (nSPS) is 16.0. The van der Waals surface area contributed by atoms with Crippen LogP contribution in [0.2, 0.25) is 15.1 Å². The lowest BCUT2D eigenvalue weighted by molar-refractivity contribution is 0.131. The van der Waals surface area contributed by atoms with Crippen molar-refractivity contribution in [1.29, 1.82) is 0 Å². The van der Waals surface area contributed by atoms with Crippen molar-refractivity contribution in [1.82, 2.24) is 9.91 Å². The second kappa shape index (κ2) is 8.21. The molecule has 1 heterocycles. The van der Waals surface area contributed by atoms with Gasteiger partial charge < -0.3 is 0 Å². The third kappa shape index (κ3) is 4.87. The van der Waals surface area contributed by atoms with Crippen molar-refractivity contribution < 1.29 is 0 Å². The van der Waals surface area contributed by atoms with Gasteiger partial charge in [0.25, 0.3) is 0 Å². The second-order valence-electron chi connectivity index (χ2n) is 5.77. The highest BCUT2D eigenvalue weighted by molar-refractivity contribution is 6.42. The highest BCUT2D eigenvalue weighted by atomic mass is 35.5. The summed E-state index contributed by atoms with van der Waals surface area (Å²) in [6.07, 6.45) is 1.83. The molecule has 0 saturated carbocycles. The van der Waals surface area contributed by atoms with Crippen molar-refractivity contribution in [2.45, 2.75) is 6.54 Å². The van der Waals surface area contributed by atoms with E-state index >= 15 is 0 Å². The van der Waals surface area contributed by atoms with Crippen LogP contribution < -0.4 is 0 Å². The molecule has 0 bridgehead atoms. The lowest BCUT2D eigenvalue weighted by Gasteiger charge is -2.33. The van der Waals surface area contributed by atoms with Crippen LogP contribution in [0.3, 0.4) is 0 Å². The van der Waals surface area contributed by atoms with Crippen LogP contribution in [0.5, 0.6) is 0 Å². The van der Waals surface area contributed by atoms with Gasteiger partial charge in [0, 0.05) is 37.7 Å². The Balaban J connectivity index is 1.50. The van der Waals surface area contributed by atoms with E-state index in [9.17, 15) is 0 Å². The van der Waals surface area contributed by atoms with Crippen molar-refractivity contribution in [3.8, 4) is 0 Å². The van der Waals surface area contributed by atoms with Crippen LogP contribution in [-0.2, 0) is 6.54 Å². The van der Waals surface area contributed by atoms with E-state index in [0.717, 1.165) is 43.3 Å². The number of benzene rings is 2. The Morgan fingerprint density at radius 1 is 0.875 bits per heavy atom. The van der Waals surface area contributed by atoms with Gasteiger partial charge in [0.15, 0.2) is 0 Å². The standard InChI is InChI=1S/C18H18Cl3N3/c19-16-4-1-14(2-5-16)13-23-7-9-24(10-8-23)22-12-15-3-6-17(20)18(21)11-15/h1-6,11-12H,7-10,13H2/b22-12-. The van der Waals surface area contributed by atoms with Crippen LogP contribution in [0.1, 0.15) is 11.1 Å². The summed E-state index contributed by atoms with van der Waals surface area (Å²) in [5, 5.41) is 8.51. The highest BCUT2D eigenvalue weighted by Gasteiger charge is 2.15. The second-order valence-corrected chi connectivity index (χ2v) is 7.03. The van der Waals surface area contributed by atoms with E-state index in [2.05, 4.69) is 27.1 Å². The topological polar surface area (TPSA) is 18.8 Å². The Morgan fingerprint density at radius 2 is 1.58 bits per heavy atom. The fourth-order valence-corrected chi connectivity index (χ4v) is 3.03. The summed E-state index contributed by atoms with van der Waals surface area (Å²) in [5.74, 6) is 0. The fraction of sp³-hybridized carbons (Fsp3) is 0.278. The summed E-state index contributed by atoms with van der Waals surface area (Å²) in [5.41, 5.74) is 2.24. The maximum atomic E-state index is 6.02. The summed E-state index contributed by atoms with van der Waals surface area (Å²) >= 11 is 17.9. The summed E-state index contributed by atoms with van der Waals surface area (Å²) in [6.45, 7) is 4.74. The number of rotatable bonds is 4. The van der Waals surface area contributed by atoms with Gasteiger partial charge in [-0.3, -0.25) is 9.91 Å². The SMILES string of the molecule is Clc1ccc(CN2CCN(/N=C\c3ccc(Cl)c(Cl)c3)CC2)cc1. The number of hydrazone groups is 1. The van der Waals surface area contributed by atoms with Gasteiger partial charge in [-0.1, -0.05) is 53.0 Å². The van der Waals surface area contributed by atoms with E-state index in [0.29, 0.717) is 10.0 Å². The molecule has 3 nitrogen and oxygen atoms in total. The number of hydrogen-bond donors (Lipinski definition) is 0. The molecule has 1 aliphatic heterocycles. The van der Waals surface area contributed by atoms with Crippen LogP contribution in [0, 0.1) is 0 Å². The lowest BCUT2D eigenvalue weighted by atomic mass is 10.2. The van der Waals surface area contributed by atoms with E-state index < -0.39 is 0 Å². The van der Waals surface area contributed by atoms with Crippen LogP contribution in [0.25, 0.3) is 0 Å². The number of piperazine rings is 1. The van der Waals surface area contributed by atoms with Gasteiger partial charge in [-0.05, 0) is 35.4 Å². The fourth-order valence-electron chi connectivity index (χ4n) is 2.60. The first-order chi connectivity index (χ1) is 11.6. The smallest absolute Gasteiger partial charge is 0.0598 e. The predicted molar refractivity (Wildman–Crippen MR) is 102 cm³/mol. The number of nitrogens with zero attached hydrogens (tertiary/aromatic N) is 3. The van der Waals surface area contributed by atoms with E-state index in [-0.39, 0.29) is 0 Å². The van der Waals surface area contributed by atoms with Gasteiger partial charge in [0.05, 0.1) is 16.3 Å². The maximum absolute atomic E-state index is 6.02. The first-order valence-electron chi connectivity index (χ1n) is 7.81. The lowest BCUT2D eigenvalue weighted by Crippen LogP contribution is -2.43. The molecule has 3 rings (SSSR count). The first kappa shape index (κ1) is 17.6. The minimum atomic E-state index is 0.549. The quantitative estimate of drug-likeness (QED) is 0.707. The molecule has 0 N–H and O–H groups in total. The van der Waals surface area contributed by atoms with E-state index in [4.69, 9.17) is 34.8 Å². The van der Waals surface area contributed by atoms with E-state index in [1.54, 1.807) is 6.07 Å². The van der Waals surface area contributed by atoms with Gasteiger partial charge in [0.1, 0.15) is 0 Å². The minimum absolute atomic E-state index is 0.549. The molecule has 0 aromatic heterocycles. The largest absolute Gasteiger partial charge is 0.295 e. The van der Waals surface area contributed by atoms with Crippen molar-refractivity contribution in [2.24, 2.45) is 5.10 Å². The van der Waals surface area contributed by atoms with E-state index in [1.165, 1.54) is 5.56 Å². The van der Waals surface area contributed by atoms with Gasteiger partial charge in [-0.25, -0.2) is 0 Å². The molecular weight excluding hydrogens is 365 g/mol. The Morgan fingerprint density at radius 3 is 2.25 bits per heavy atom. The molecule has 0 unspecified atom stereocenters. The Kier molecular flexibility index (Phi) is 6.01. The highest BCUT2D eigenvalue weighted by Crippen LogP contribution is 2.22. The third-order valence-electron chi connectivity index (χ3n) is 3.98. The van der Waals surface area contributed by atoms with Crippen LogP contribution in [0.4, 0.5) is 0 Å². The average Bonchev–Trinajstić information content (AvgIpc) is 2.59. The van der Waals surface area contributed by atoms with Crippen molar-refractivity contribution >= 4 is 41.0 Å². The molecule has 0 aliphatic carbocycles. The first-order valence-corrected chi connectivity index (χ1v) is 8.94. The summed E-state index contributed by atoms with van der Waals surface area (Å²) in [4.78, 5) is 2.43. The molecule has 2 aromatic carbocycles. The Bertz CT molecular complexity index is 708. The molecule has 6 heteroatoms. The number of hydrogen-bond acceptors (Lipinski definition) is 3. The molecule has 0 radical (unpaired) electrons. The van der Waals surface area contributed by atoms with Gasteiger partial charge in [-0.15, -0.1) is 0 Å². The zero-order chi connectivity index (χ0) is 16.9. The van der Waals surface area contributed by atoms with Crippen LogP contribution in [-0.4, -0.2) is 42.3 Å². The molecule has 0 amide bonds. The van der Waals surface area contributed by atoms with Gasteiger partial charge in [-0.2, -0.15) is 5.10 Å². The van der Waals surface area contributed by atoms with Gasteiger partial charge in [0.2, 0.25) is 0 Å². The minimum Gasteiger partial charge on any atom is -0.295 e. The summed E-state index contributed by atoms with van der Waals surface area (Å²) < 4.78 is 0. The van der Waals surface area contributed by atoms with Crippen molar-refractivity contribution in [3.05, 3.63) is 68.7 Å². The molecule has 1 saturated heterocycles. The summed E-state index contributed by atoms with van der Waals surface area (Å²) in [7, 11) is 0. The van der Waals surface area contributed by atoms with Crippen molar-refractivity contribution in [3.63, 3.8) is 0 Å². The predicted octanol–water partition coefficient (Wildman–Crippen LogP) is 4.80. The molecule has 0 atom stereocenters. The molecule has 126 valence electrons. The average molecular weight is 383 g/mol. The summed E-state index contributed by atoms with van der Waals surface area (Å²) in [6, 6.07) is 13.6. The van der Waals surface area contributed by atoms with E-state index in [1.807, 2.05) is 30.5 Å². The Hall–Kier alpha value is -1.26. The number of halogens is 3. The molecule has 1 aliphatic rings. The zero-order valence-corrected chi connectivity index (χ0v) is 15.4. The molecule has 2 aromatic rings. The molecule has 0 spiro atoms. The maximum Gasteiger partial charge on any atom is 0.0598 e. The molecular formula is C18H18Cl3N3. The molecule has 1 fully saturated rings. The zero-order valence-electron chi connectivity index (χ0n) is 13.1. The van der Waals surface area contributed by atoms with Gasteiger partial charge >= 0.3 is 0 Å². The monoisotopic (exact) mass is 381 g/mol. The Labute approximate surface area is 157 Å². The third-order valence-corrected chi connectivity index (χ3v) is 4.97. The molecule has 24 heavy (non-hydrogen) atoms.